The van der Waals surface area contributed by atoms with Gasteiger partial charge < -0.3 is 20.4 Å². The van der Waals surface area contributed by atoms with Gasteiger partial charge in [0.1, 0.15) is 0 Å². The summed E-state index contributed by atoms with van der Waals surface area (Å²) in [6, 6.07) is 14.5. The number of carbonyl (C=O) groups is 2. The van der Waals surface area contributed by atoms with E-state index in [4.69, 9.17) is 5.11 Å². The number of aromatic amines is 2. The van der Waals surface area contributed by atoms with E-state index in [1.54, 1.807) is 24.4 Å². The number of nitrogens with one attached hydrogen (secondary N) is 3. The van der Waals surface area contributed by atoms with Crippen LogP contribution < -0.4 is 5.32 Å². The predicted octanol–water partition coefficient (Wildman–Crippen LogP) is 5.20. The topological polar surface area (TPSA) is 98.0 Å². The molecule has 6 heteroatoms. The number of carboxylic acids is 1. The first-order valence-corrected chi connectivity index (χ1v) is 9.89. The zero-order valence-corrected chi connectivity index (χ0v) is 17.5. The molecule has 0 radical (unpaired) electrons. The highest BCUT2D eigenvalue weighted by atomic mass is 16.4. The van der Waals surface area contributed by atoms with Gasteiger partial charge in [-0.2, -0.15) is 0 Å². The predicted molar refractivity (Wildman–Crippen MR) is 120 cm³/mol. The van der Waals surface area contributed by atoms with Crippen LogP contribution in [0.4, 0.5) is 0 Å². The number of hydrogen-bond donors (Lipinski definition) is 4. The molecule has 1 amide bonds. The summed E-state index contributed by atoms with van der Waals surface area (Å²) in [5, 5.41) is 13.6. The van der Waals surface area contributed by atoms with E-state index < -0.39 is 5.97 Å². The van der Waals surface area contributed by atoms with Crippen LogP contribution in [0.5, 0.6) is 0 Å². The van der Waals surface area contributed by atoms with Crippen molar-refractivity contribution in [2.75, 3.05) is 6.54 Å². The molecule has 4 rings (SSSR count). The number of H-pyrrole nitrogens is 2. The van der Waals surface area contributed by atoms with Crippen molar-refractivity contribution in [2.45, 2.75) is 27.2 Å². The SMILES string of the molecule is CC(C)(C)CCNC(=O)c1ccc2[nH]ccc2c1.O=C(O)c1ccc2[nH]ccc2c1. The minimum absolute atomic E-state index is 0.00218. The average Bonchev–Trinajstić information content (AvgIpc) is 3.35. The van der Waals surface area contributed by atoms with E-state index in [1.807, 2.05) is 36.5 Å². The Morgan fingerprint density at radius 1 is 0.867 bits per heavy atom. The zero-order chi connectivity index (χ0) is 21.7. The Bertz CT molecular complexity index is 1170. The van der Waals surface area contributed by atoms with Crippen LogP contribution in [0.1, 0.15) is 47.9 Å². The Balaban J connectivity index is 0.000000184. The Hall–Kier alpha value is -3.54. The fourth-order valence-electron chi connectivity index (χ4n) is 3.03. The van der Waals surface area contributed by atoms with Gasteiger partial charge in [0, 0.05) is 46.3 Å². The van der Waals surface area contributed by atoms with Gasteiger partial charge in [-0.3, -0.25) is 4.79 Å². The molecule has 4 N–H and O–H groups in total. The summed E-state index contributed by atoms with van der Waals surface area (Å²) < 4.78 is 0. The molecule has 0 fully saturated rings. The van der Waals surface area contributed by atoms with Crippen molar-refractivity contribution in [1.29, 1.82) is 0 Å². The first-order valence-electron chi connectivity index (χ1n) is 9.89. The Morgan fingerprint density at radius 2 is 1.40 bits per heavy atom. The fourth-order valence-corrected chi connectivity index (χ4v) is 3.03. The summed E-state index contributed by atoms with van der Waals surface area (Å²) in [7, 11) is 0. The van der Waals surface area contributed by atoms with E-state index >= 15 is 0 Å². The van der Waals surface area contributed by atoms with Crippen LogP contribution in [0, 0.1) is 5.41 Å². The molecule has 0 bridgehead atoms. The van der Waals surface area contributed by atoms with Gasteiger partial charge in [-0.15, -0.1) is 0 Å². The maximum absolute atomic E-state index is 12.0. The third-order valence-corrected chi connectivity index (χ3v) is 4.78. The van der Waals surface area contributed by atoms with Crippen LogP contribution in [0.25, 0.3) is 21.8 Å². The van der Waals surface area contributed by atoms with Crippen molar-refractivity contribution >= 4 is 33.7 Å². The second-order valence-electron chi connectivity index (χ2n) is 8.43. The van der Waals surface area contributed by atoms with Crippen LogP contribution >= 0.6 is 0 Å². The molecule has 0 saturated heterocycles. The summed E-state index contributed by atoms with van der Waals surface area (Å²) in [6.45, 7) is 7.23. The van der Waals surface area contributed by atoms with Gasteiger partial charge in [0.05, 0.1) is 5.56 Å². The number of carbonyl (C=O) groups excluding carboxylic acids is 1. The monoisotopic (exact) mass is 405 g/mol. The van der Waals surface area contributed by atoms with Gasteiger partial charge in [-0.25, -0.2) is 4.79 Å². The lowest BCUT2D eigenvalue weighted by molar-refractivity contribution is 0.0696. The van der Waals surface area contributed by atoms with Crippen LogP contribution in [-0.2, 0) is 0 Å². The largest absolute Gasteiger partial charge is 0.478 e. The van der Waals surface area contributed by atoms with Crippen molar-refractivity contribution in [3.05, 3.63) is 72.1 Å². The summed E-state index contributed by atoms with van der Waals surface area (Å²) in [5.41, 5.74) is 3.30. The first-order chi connectivity index (χ1) is 14.2. The molecule has 0 saturated carbocycles. The molecule has 0 spiro atoms. The lowest BCUT2D eigenvalue weighted by Crippen LogP contribution is -2.27. The highest BCUT2D eigenvalue weighted by molar-refractivity contribution is 5.98. The van der Waals surface area contributed by atoms with E-state index in [0.717, 1.165) is 33.8 Å². The molecular formula is C24H27N3O3. The average molecular weight is 405 g/mol. The molecule has 4 aromatic rings. The quantitative estimate of drug-likeness (QED) is 0.376. The molecule has 156 valence electrons. The van der Waals surface area contributed by atoms with E-state index in [0.29, 0.717) is 12.1 Å². The van der Waals surface area contributed by atoms with Crippen molar-refractivity contribution in [3.63, 3.8) is 0 Å². The van der Waals surface area contributed by atoms with Crippen molar-refractivity contribution in [1.82, 2.24) is 15.3 Å². The first kappa shape index (κ1) is 21.2. The maximum Gasteiger partial charge on any atom is 0.335 e. The van der Waals surface area contributed by atoms with Crippen LogP contribution in [0.15, 0.2) is 60.9 Å². The smallest absolute Gasteiger partial charge is 0.335 e. The number of rotatable bonds is 4. The molecule has 2 aromatic heterocycles. The number of benzene rings is 2. The Labute approximate surface area is 175 Å². The highest BCUT2D eigenvalue weighted by Gasteiger charge is 2.11. The lowest BCUT2D eigenvalue weighted by Gasteiger charge is -2.18. The fraction of sp³-hybridized carbons (Fsp3) is 0.250. The number of hydrogen-bond acceptors (Lipinski definition) is 2. The number of amides is 1. The van der Waals surface area contributed by atoms with Gasteiger partial charge in [-0.1, -0.05) is 20.8 Å². The van der Waals surface area contributed by atoms with Gasteiger partial charge in [-0.05, 0) is 60.4 Å². The number of carboxylic acid groups (broad SMARTS) is 1. The van der Waals surface area contributed by atoms with Crippen LogP contribution in [-0.4, -0.2) is 33.5 Å². The number of aromatic nitrogens is 2. The standard InChI is InChI=1S/C15H20N2O.C9H7NO2/c1-15(2,3)7-9-17-14(18)12-4-5-13-11(10-12)6-8-16-13;11-9(12)7-1-2-8-6(5-7)3-4-10-8/h4-6,8,10,16H,7,9H2,1-3H3,(H,17,18);1-5,10H,(H,11,12). The molecule has 2 aromatic carbocycles. The zero-order valence-electron chi connectivity index (χ0n) is 17.5. The van der Waals surface area contributed by atoms with Crippen molar-refractivity contribution in [3.8, 4) is 0 Å². The molecule has 2 heterocycles. The van der Waals surface area contributed by atoms with E-state index in [-0.39, 0.29) is 11.3 Å². The molecule has 6 nitrogen and oxygen atoms in total. The third-order valence-electron chi connectivity index (χ3n) is 4.78. The minimum atomic E-state index is -0.891. The number of fused-ring (bicyclic) bond motifs is 2. The van der Waals surface area contributed by atoms with E-state index in [1.165, 1.54) is 0 Å². The Kier molecular flexibility index (Phi) is 6.26. The molecule has 0 aliphatic rings. The molecule has 0 aliphatic carbocycles. The van der Waals surface area contributed by atoms with Gasteiger partial charge >= 0.3 is 5.97 Å². The summed E-state index contributed by atoms with van der Waals surface area (Å²) in [4.78, 5) is 28.6. The minimum Gasteiger partial charge on any atom is -0.478 e. The van der Waals surface area contributed by atoms with Gasteiger partial charge in [0.25, 0.3) is 5.91 Å². The number of aromatic carboxylic acids is 1. The third kappa shape index (κ3) is 5.50. The molecule has 0 atom stereocenters. The molecule has 0 aliphatic heterocycles. The lowest BCUT2D eigenvalue weighted by atomic mass is 9.92. The van der Waals surface area contributed by atoms with E-state index in [9.17, 15) is 9.59 Å². The van der Waals surface area contributed by atoms with E-state index in [2.05, 4.69) is 36.1 Å². The second-order valence-corrected chi connectivity index (χ2v) is 8.43. The molecule has 0 unspecified atom stereocenters. The maximum atomic E-state index is 12.0. The molecular weight excluding hydrogens is 378 g/mol. The van der Waals surface area contributed by atoms with Crippen LogP contribution in [0.2, 0.25) is 0 Å². The second kappa shape index (κ2) is 8.86. The molecule has 30 heavy (non-hydrogen) atoms. The van der Waals surface area contributed by atoms with Gasteiger partial charge in [0.2, 0.25) is 0 Å². The van der Waals surface area contributed by atoms with Crippen LogP contribution in [0.3, 0.4) is 0 Å². The highest BCUT2D eigenvalue weighted by Crippen LogP contribution is 2.18. The van der Waals surface area contributed by atoms with Crippen molar-refractivity contribution in [2.24, 2.45) is 5.41 Å². The summed E-state index contributed by atoms with van der Waals surface area (Å²) >= 11 is 0. The van der Waals surface area contributed by atoms with Gasteiger partial charge in [0.15, 0.2) is 0 Å². The summed E-state index contributed by atoms with van der Waals surface area (Å²) in [5.74, 6) is -0.888. The van der Waals surface area contributed by atoms with Crippen molar-refractivity contribution < 1.29 is 14.7 Å². The Morgan fingerprint density at radius 3 is 1.93 bits per heavy atom. The normalized spacial score (nSPS) is 11.2. The summed E-state index contributed by atoms with van der Waals surface area (Å²) in [6.07, 6.45) is 4.65.